The van der Waals surface area contributed by atoms with Gasteiger partial charge in [-0.2, -0.15) is 0 Å². The molecule has 0 aliphatic rings. The zero-order valence-corrected chi connectivity index (χ0v) is 13.9. The number of methoxy groups -OCH3 is 1. The van der Waals surface area contributed by atoms with Gasteiger partial charge in [-0.15, -0.1) is 0 Å². The van der Waals surface area contributed by atoms with Crippen molar-refractivity contribution in [2.75, 3.05) is 7.11 Å². The summed E-state index contributed by atoms with van der Waals surface area (Å²) in [5, 5.41) is 2.96. The number of carbonyl (C=O) groups excluding carboxylic acids is 1. The highest BCUT2D eigenvalue weighted by Crippen LogP contribution is 2.24. The monoisotopic (exact) mass is 339 g/mol. The second kappa shape index (κ2) is 7.17. The Morgan fingerprint density at radius 2 is 2.00 bits per heavy atom. The number of aryl methyl sites for hydroxylation is 1. The number of benzene rings is 2. The molecule has 1 aromatic heterocycles. The minimum absolute atomic E-state index is 0.309. The molecule has 0 saturated heterocycles. The Morgan fingerprint density at radius 1 is 1.24 bits per heavy atom. The number of amides is 1. The number of hydrogen-bond acceptors (Lipinski definition) is 3. The Morgan fingerprint density at radius 3 is 2.64 bits per heavy atom. The van der Waals surface area contributed by atoms with Crippen LogP contribution in [0.1, 0.15) is 27.8 Å². The molecular formula is C19H18FN3O2. The van der Waals surface area contributed by atoms with E-state index in [2.05, 4.69) is 10.3 Å². The van der Waals surface area contributed by atoms with E-state index in [1.807, 2.05) is 42.1 Å². The van der Waals surface area contributed by atoms with Crippen LogP contribution in [0.5, 0.6) is 5.75 Å². The molecule has 0 radical (unpaired) electrons. The SMILES string of the molecule is COc1cccc([C@@H](NC(=O)c2ccc(F)cc2)c2nccn2C)c1. The molecule has 1 amide bonds. The highest BCUT2D eigenvalue weighted by molar-refractivity contribution is 5.94. The number of ether oxygens (including phenoxy) is 1. The lowest BCUT2D eigenvalue weighted by atomic mass is 10.0. The number of halogens is 1. The van der Waals surface area contributed by atoms with Crippen LogP contribution in [0.25, 0.3) is 0 Å². The predicted molar refractivity (Wildman–Crippen MR) is 91.9 cm³/mol. The molecule has 1 N–H and O–H groups in total. The lowest BCUT2D eigenvalue weighted by molar-refractivity contribution is 0.0941. The van der Waals surface area contributed by atoms with Crippen LogP contribution in [0, 0.1) is 5.82 Å². The van der Waals surface area contributed by atoms with Crippen molar-refractivity contribution in [3.05, 3.63) is 83.7 Å². The van der Waals surface area contributed by atoms with Crippen LogP contribution in [-0.2, 0) is 7.05 Å². The summed E-state index contributed by atoms with van der Waals surface area (Å²) < 4.78 is 20.2. The average molecular weight is 339 g/mol. The lowest BCUT2D eigenvalue weighted by Gasteiger charge is -2.20. The quantitative estimate of drug-likeness (QED) is 0.777. The molecule has 128 valence electrons. The second-order valence-corrected chi connectivity index (χ2v) is 5.59. The van der Waals surface area contributed by atoms with Gasteiger partial charge in [-0.25, -0.2) is 9.37 Å². The van der Waals surface area contributed by atoms with Gasteiger partial charge in [0.2, 0.25) is 0 Å². The highest BCUT2D eigenvalue weighted by atomic mass is 19.1. The maximum atomic E-state index is 13.1. The predicted octanol–water partition coefficient (Wildman–Crippen LogP) is 3.09. The summed E-state index contributed by atoms with van der Waals surface area (Å²) in [6, 6.07) is 12.4. The van der Waals surface area contributed by atoms with Crippen LogP contribution in [0.15, 0.2) is 60.9 Å². The molecule has 0 spiro atoms. The molecule has 2 aromatic carbocycles. The Balaban J connectivity index is 1.95. The van der Waals surface area contributed by atoms with E-state index in [1.165, 1.54) is 24.3 Å². The van der Waals surface area contributed by atoms with Crippen molar-refractivity contribution in [2.24, 2.45) is 7.05 Å². The first-order valence-corrected chi connectivity index (χ1v) is 7.76. The molecule has 1 atom stereocenters. The van der Waals surface area contributed by atoms with Crippen LogP contribution in [0.3, 0.4) is 0 Å². The average Bonchev–Trinajstić information content (AvgIpc) is 3.06. The minimum Gasteiger partial charge on any atom is -0.497 e. The molecule has 0 aliphatic carbocycles. The van der Waals surface area contributed by atoms with E-state index in [0.717, 1.165) is 5.56 Å². The summed E-state index contributed by atoms with van der Waals surface area (Å²) in [5.41, 5.74) is 1.22. The van der Waals surface area contributed by atoms with E-state index in [-0.39, 0.29) is 11.7 Å². The van der Waals surface area contributed by atoms with Crippen molar-refractivity contribution >= 4 is 5.91 Å². The maximum absolute atomic E-state index is 13.1. The van der Waals surface area contributed by atoms with Crippen molar-refractivity contribution in [3.63, 3.8) is 0 Å². The third kappa shape index (κ3) is 3.68. The molecule has 6 heteroatoms. The lowest BCUT2D eigenvalue weighted by Crippen LogP contribution is -2.31. The third-order valence-electron chi connectivity index (χ3n) is 3.93. The summed E-state index contributed by atoms with van der Waals surface area (Å²) in [7, 11) is 3.45. The summed E-state index contributed by atoms with van der Waals surface area (Å²) >= 11 is 0. The smallest absolute Gasteiger partial charge is 0.252 e. The summed E-state index contributed by atoms with van der Waals surface area (Å²) in [6.07, 6.45) is 3.49. The largest absolute Gasteiger partial charge is 0.497 e. The number of imidazole rings is 1. The maximum Gasteiger partial charge on any atom is 0.252 e. The Labute approximate surface area is 145 Å². The van der Waals surface area contributed by atoms with Gasteiger partial charge in [0.05, 0.1) is 7.11 Å². The van der Waals surface area contributed by atoms with Crippen molar-refractivity contribution in [1.29, 1.82) is 0 Å². The van der Waals surface area contributed by atoms with E-state index in [1.54, 1.807) is 13.3 Å². The van der Waals surface area contributed by atoms with Crippen LogP contribution in [-0.4, -0.2) is 22.6 Å². The second-order valence-electron chi connectivity index (χ2n) is 5.59. The van der Waals surface area contributed by atoms with Gasteiger partial charge in [0, 0.05) is 25.0 Å². The number of rotatable bonds is 5. The van der Waals surface area contributed by atoms with Crippen LogP contribution in [0.4, 0.5) is 4.39 Å². The Bertz CT molecular complexity index is 874. The summed E-state index contributed by atoms with van der Waals surface area (Å²) in [5.74, 6) is 0.678. The topological polar surface area (TPSA) is 56.1 Å². The fourth-order valence-corrected chi connectivity index (χ4v) is 2.59. The molecule has 0 saturated carbocycles. The van der Waals surface area contributed by atoms with Gasteiger partial charge in [0.15, 0.2) is 0 Å². The Hall–Kier alpha value is -3.15. The molecule has 5 nitrogen and oxygen atoms in total. The number of nitrogens with one attached hydrogen (secondary N) is 1. The van der Waals surface area contributed by atoms with Gasteiger partial charge in [-0.05, 0) is 42.0 Å². The summed E-state index contributed by atoms with van der Waals surface area (Å²) in [4.78, 5) is 17.0. The van der Waals surface area contributed by atoms with Gasteiger partial charge in [0.25, 0.3) is 5.91 Å². The Kier molecular flexibility index (Phi) is 4.79. The number of nitrogens with zero attached hydrogens (tertiary/aromatic N) is 2. The van der Waals surface area contributed by atoms with Crippen molar-refractivity contribution < 1.29 is 13.9 Å². The molecule has 0 bridgehead atoms. The van der Waals surface area contributed by atoms with Crippen molar-refractivity contribution in [1.82, 2.24) is 14.9 Å². The molecule has 1 heterocycles. The fraction of sp³-hybridized carbons (Fsp3) is 0.158. The van der Waals surface area contributed by atoms with Gasteiger partial charge in [-0.1, -0.05) is 12.1 Å². The van der Waals surface area contributed by atoms with E-state index < -0.39 is 6.04 Å². The molecule has 0 fully saturated rings. The number of carbonyl (C=O) groups is 1. The number of hydrogen-bond donors (Lipinski definition) is 1. The molecule has 25 heavy (non-hydrogen) atoms. The molecule has 0 aliphatic heterocycles. The first-order valence-electron chi connectivity index (χ1n) is 7.76. The molecule has 3 aromatic rings. The summed E-state index contributed by atoms with van der Waals surface area (Å²) in [6.45, 7) is 0. The molecule has 3 rings (SSSR count). The van der Waals surface area contributed by atoms with Crippen LogP contribution < -0.4 is 10.1 Å². The first-order chi connectivity index (χ1) is 12.1. The third-order valence-corrected chi connectivity index (χ3v) is 3.93. The van der Waals surface area contributed by atoms with E-state index in [9.17, 15) is 9.18 Å². The van der Waals surface area contributed by atoms with Gasteiger partial charge in [-0.3, -0.25) is 4.79 Å². The van der Waals surface area contributed by atoms with E-state index >= 15 is 0 Å². The normalized spacial score (nSPS) is 11.8. The zero-order chi connectivity index (χ0) is 17.8. The van der Waals surface area contributed by atoms with E-state index in [0.29, 0.717) is 17.1 Å². The fourth-order valence-electron chi connectivity index (χ4n) is 2.59. The zero-order valence-electron chi connectivity index (χ0n) is 13.9. The molecule has 0 unspecified atom stereocenters. The number of aromatic nitrogens is 2. The first kappa shape index (κ1) is 16.7. The highest BCUT2D eigenvalue weighted by Gasteiger charge is 2.22. The van der Waals surface area contributed by atoms with Crippen molar-refractivity contribution in [2.45, 2.75) is 6.04 Å². The molecular weight excluding hydrogens is 321 g/mol. The van der Waals surface area contributed by atoms with Gasteiger partial charge < -0.3 is 14.6 Å². The van der Waals surface area contributed by atoms with Gasteiger partial charge >= 0.3 is 0 Å². The minimum atomic E-state index is -0.465. The van der Waals surface area contributed by atoms with Crippen LogP contribution in [0.2, 0.25) is 0 Å². The standard InChI is InChI=1S/C19H18FN3O2/c1-23-11-10-21-18(23)17(14-4-3-5-16(12-14)25-2)22-19(24)13-6-8-15(20)9-7-13/h3-12,17H,1-2H3,(H,22,24)/t17-/m1/s1. The van der Waals surface area contributed by atoms with Crippen molar-refractivity contribution in [3.8, 4) is 5.75 Å². The van der Waals surface area contributed by atoms with E-state index in [4.69, 9.17) is 4.74 Å². The van der Waals surface area contributed by atoms with Gasteiger partial charge in [0.1, 0.15) is 23.4 Å². The van der Waals surface area contributed by atoms with Crippen LogP contribution >= 0.6 is 0 Å².